The van der Waals surface area contributed by atoms with E-state index in [4.69, 9.17) is 9.84 Å². The minimum absolute atomic E-state index is 0.129. The van der Waals surface area contributed by atoms with Crippen LogP contribution in [0, 0.1) is 0 Å². The Bertz CT molecular complexity index is 519. The van der Waals surface area contributed by atoms with Gasteiger partial charge in [0.05, 0.1) is 0 Å². The van der Waals surface area contributed by atoms with Crippen LogP contribution in [0.1, 0.15) is 117 Å². The van der Waals surface area contributed by atoms with Crippen LogP contribution in [0.5, 0.6) is 0 Å². The Morgan fingerprint density at radius 2 is 1.35 bits per heavy atom. The van der Waals surface area contributed by atoms with Crippen molar-refractivity contribution in [2.45, 2.75) is 123 Å². The lowest BCUT2D eigenvalue weighted by Gasteiger charge is -2.11. The van der Waals surface area contributed by atoms with Gasteiger partial charge in [0.2, 0.25) is 0 Å². The van der Waals surface area contributed by atoms with E-state index < -0.39 is 5.97 Å². The molecule has 0 radical (unpaired) electrons. The summed E-state index contributed by atoms with van der Waals surface area (Å²) < 4.78 is 5.66. The molecule has 0 aliphatic heterocycles. The lowest BCUT2D eigenvalue weighted by atomic mass is 10.1. The van der Waals surface area contributed by atoms with Crippen LogP contribution in [0.15, 0.2) is 36.5 Å². The molecule has 178 valence electrons. The zero-order valence-electron chi connectivity index (χ0n) is 20.0. The highest BCUT2D eigenvalue weighted by Crippen LogP contribution is 2.11. The molecule has 0 spiro atoms. The highest BCUT2D eigenvalue weighted by molar-refractivity contribution is 5.69. The van der Waals surface area contributed by atoms with E-state index in [1.54, 1.807) is 0 Å². The molecular formula is C27H46O4. The fourth-order valence-corrected chi connectivity index (χ4v) is 3.26. The summed E-state index contributed by atoms with van der Waals surface area (Å²) >= 11 is 0. The van der Waals surface area contributed by atoms with Gasteiger partial charge in [0.25, 0.3) is 0 Å². The van der Waals surface area contributed by atoms with Gasteiger partial charge in [-0.2, -0.15) is 0 Å². The third-order valence-electron chi connectivity index (χ3n) is 5.09. The van der Waals surface area contributed by atoms with Crippen LogP contribution in [-0.4, -0.2) is 23.1 Å². The number of aliphatic carboxylic acids is 1. The van der Waals surface area contributed by atoms with Crippen molar-refractivity contribution in [3.05, 3.63) is 36.5 Å². The van der Waals surface area contributed by atoms with Gasteiger partial charge >= 0.3 is 11.9 Å². The van der Waals surface area contributed by atoms with Crippen molar-refractivity contribution in [2.24, 2.45) is 0 Å². The van der Waals surface area contributed by atoms with E-state index in [0.717, 1.165) is 44.9 Å². The van der Waals surface area contributed by atoms with Crippen LogP contribution < -0.4 is 0 Å². The first-order valence-corrected chi connectivity index (χ1v) is 12.5. The number of carbonyl (C=O) groups is 2. The summed E-state index contributed by atoms with van der Waals surface area (Å²) in [5.74, 6) is -0.864. The number of ether oxygens (including phenoxy) is 1. The zero-order valence-corrected chi connectivity index (χ0v) is 20.0. The first-order valence-electron chi connectivity index (χ1n) is 12.5. The van der Waals surface area contributed by atoms with Gasteiger partial charge in [-0.3, -0.25) is 9.59 Å². The number of carboxylic acid groups (broad SMARTS) is 1. The third-order valence-corrected chi connectivity index (χ3v) is 5.09. The average molecular weight is 435 g/mol. The molecule has 0 aromatic heterocycles. The maximum Gasteiger partial charge on any atom is 0.306 e. The number of allylic oxidation sites excluding steroid dienone is 4. The monoisotopic (exact) mass is 434 g/mol. The molecule has 0 bridgehead atoms. The van der Waals surface area contributed by atoms with E-state index in [2.05, 4.69) is 26.0 Å². The molecule has 0 heterocycles. The summed E-state index contributed by atoms with van der Waals surface area (Å²) in [6, 6.07) is 0. The third kappa shape index (κ3) is 22.7. The molecule has 4 heteroatoms. The van der Waals surface area contributed by atoms with Gasteiger partial charge in [-0.25, -0.2) is 0 Å². The molecule has 0 aliphatic carbocycles. The lowest BCUT2D eigenvalue weighted by molar-refractivity contribution is -0.145. The number of esters is 1. The molecule has 0 saturated heterocycles. The topological polar surface area (TPSA) is 63.6 Å². The van der Waals surface area contributed by atoms with E-state index in [9.17, 15) is 9.59 Å². The Morgan fingerprint density at radius 3 is 2.03 bits per heavy atom. The van der Waals surface area contributed by atoms with Crippen molar-refractivity contribution in [1.29, 1.82) is 0 Å². The van der Waals surface area contributed by atoms with Crippen LogP contribution in [0.3, 0.4) is 0 Å². The standard InChI is InChI=1S/C27H46O4/c1-3-5-7-9-10-11-16-20-24-27(30)31-25(21-17-13-8-6-4-2)22-18-14-12-15-19-23-26(28)29/h6,8,17-18,21-22,25H,3-5,7,9-16,19-20,23-24H2,1-2H3,(H,28,29)/b8-6-,21-17-,22-18-. The Hall–Kier alpha value is -1.84. The Morgan fingerprint density at radius 1 is 0.742 bits per heavy atom. The van der Waals surface area contributed by atoms with Crippen LogP contribution in [0.25, 0.3) is 0 Å². The van der Waals surface area contributed by atoms with Crippen molar-refractivity contribution in [1.82, 2.24) is 0 Å². The van der Waals surface area contributed by atoms with Gasteiger partial charge < -0.3 is 9.84 Å². The van der Waals surface area contributed by atoms with Gasteiger partial charge in [0.1, 0.15) is 6.10 Å². The number of hydrogen-bond acceptors (Lipinski definition) is 3. The summed E-state index contributed by atoms with van der Waals surface area (Å²) in [6.07, 6.45) is 27.6. The fraction of sp³-hybridized carbons (Fsp3) is 0.704. The van der Waals surface area contributed by atoms with E-state index in [1.807, 2.05) is 24.3 Å². The second-order valence-electron chi connectivity index (χ2n) is 8.14. The molecule has 0 amide bonds. The molecule has 31 heavy (non-hydrogen) atoms. The number of carboxylic acids is 1. The van der Waals surface area contributed by atoms with Crippen LogP contribution in [0.4, 0.5) is 0 Å². The quantitative estimate of drug-likeness (QED) is 0.113. The number of rotatable bonds is 21. The van der Waals surface area contributed by atoms with Gasteiger partial charge in [-0.15, -0.1) is 0 Å². The maximum atomic E-state index is 12.2. The molecule has 1 unspecified atom stereocenters. The number of carbonyl (C=O) groups excluding carboxylic acids is 1. The zero-order chi connectivity index (χ0) is 23.0. The van der Waals surface area contributed by atoms with Crippen LogP contribution >= 0.6 is 0 Å². The summed E-state index contributed by atoms with van der Waals surface area (Å²) in [5.41, 5.74) is 0. The molecule has 0 aliphatic rings. The minimum atomic E-state index is -0.735. The molecule has 1 N–H and O–H groups in total. The van der Waals surface area contributed by atoms with E-state index in [1.165, 1.54) is 38.5 Å². The van der Waals surface area contributed by atoms with E-state index >= 15 is 0 Å². The van der Waals surface area contributed by atoms with Crippen molar-refractivity contribution in [3.63, 3.8) is 0 Å². The normalized spacial score (nSPS) is 12.8. The molecule has 0 saturated carbocycles. The highest BCUT2D eigenvalue weighted by Gasteiger charge is 2.08. The van der Waals surface area contributed by atoms with Crippen molar-refractivity contribution < 1.29 is 19.4 Å². The van der Waals surface area contributed by atoms with E-state index in [-0.39, 0.29) is 18.5 Å². The van der Waals surface area contributed by atoms with Gasteiger partial charge in [-0.05, 0) is 50.7 Å². The molecule has 0 aromatic carbocycles. The Balaban J connectivity index is 4.23. The minimum Gasteiger partial charge on any atom is -0.481 e. The first kappa shape index (κ1) is 29.2. The largest absolute Gasteiger partial charge is 0.481 e. The second-order valence-corrected chi connectivity index (χ2v) is 8.14. The van der Waals surface area contributed by atoms with Gasteiger partial charge in [-0.1, -0.05) is 89.5 Å². The van der Waals surface area contributed by atoms with Crippen LogP contribution in [-0.2, 0) is 14.3 Å². The molecule has 1 atom stereocenters. The van der Waals surface area contributed by atoms with Crippen molar-refractivity contribution in [2.75, 3.05) is 0 Å². The first-order chi connectivity index (χ1) is 15.1. The Labute approximate surface area is 190 Å². The van der Waals surface area contributed by atoms with Crippen molar-refractivity contribution in [3.8, 4) is 0 Å². The smallest absolute Gasteiger partial charge is 0.306 e. The predicted molar refractivity (Wildman–Crippen MR) is 130 cm³/mol. The number of unbranched alkanes of at least 4 members (excludes halogenated alkanes) is 10. The second kappa shape index (κ2) is 22.8. The lowest BCUT2D eigenvalue weighted by Crippen LogP contribution is -2.13. The van der Waals surface area contributed by atoms with E-state index in [0.29, 0.717) is 12.8 Å². The SMILES string of the molecule is CC/C=C\C/C=C\C(/C=C\CCCCCC(=O)O)OC(=O)CCCCCCCCCC. The number of hydrogen-bond donors (Lipinski definition) is 1. The molecule has 0 rings (SSSR count). The molecular weight excluding hydrogens is 388 g/mol. The van der Waals surface area contributed by atoms with Crippen LogP contribution in [0.2, 0.25) is 0 Å². The molecule has 0 aromatic rings. The average Bonchev–Trinajstić information content (AvgIpc) is 2.74. The summed E-state index contributed by atoms with van der Waals surface area (Å²) in [7, 11) is 0. The summed E-state index contributed by atoms with van der Waals surface area (Å²) in [6.45, 7) is 4.34. The van der Waals surface area contributed by atoms with Gasteiger partial charge in [0.15, 0.2) is 0 Å². The molecule has 0 fully saturated rings. The summed E-state index contributed by atoms with van der Waals surface area (Å²) in [5, 5.41) is 8.67. The molecule has 4 nitrogen and oxygen atoms in total. The predicted octanol–water partition coefficient (Wildman–Crippen LogP) is 7.93. The summed E-state index contributed by atoms with van der Waals surface area (Å²) in [4.78, 5) is 22.8. The van der Waals surface area contributed by atoms with Crippen molar-refractivity contribution >= 4 is 11.9 Å². The fourth-order valence-electron chi connectivity index (χ4n) is 3.26. The Kier molecular flexibility index (Phi) is 21.5. The van der Waals surface area contributed by atoms with Gasteiger partial charge in [0, 0.05) is 12.8 Å². The highest BCUT2D eigenvalue weighted by atomic mass is 16.5. The maximum absolute atomic E-state index is 12.2.